The topological polar surface area (TPSA) is 62.2 Å². The highest BCUT2D eigenvalue weighted by Crippen LogP contribution is 2.30. The first-order valence-corrected chi connectivity index (χ1v) is 7.59. The molecule has 0 saturated heterocycles. The first-order valence-electron chi connectivity index (χ1n) is 6.77. The summed E-state index contributed by atoms with van der Waals surface area (Å²) in [4.78, 5) is 17.5. The van der Waals surface area contributed by atoms with Crippen molar-refractivity contribution in [1.29, 1.82) is 0 Å². The van der Waals surface area contributed by atoms with E-state index in [9.17, 15) is 9.90 Å². The average molecular weight is 310 g/mol. The highest BCUT2D eigenvalue weighted by atomic mass is 32.1. The van der Waals surface area contributed by atoms with Gasteiger partial charge in [-0.1, -0.05) is 42.5 Å². The number of hydrogen-bond acceptors (Lipinski definition) is 4. The van der Waals surface area contributed by atoms with Gasteiger partial charge in [-0.05, 0) is 19.1 Å². The monoisotopic (exact) mass is 310 g/mol. The second-order valence-electron chi connectivity index (χ2n) is 4.75. The van der Waals surface area contributed by atoms with E-state index in [0.29, 0.717) is 16.3 Å². The molecular weight excluding hydrogens is 296 g/mol. The second-order valence-corrected chi connectivity index (χ2v) is 5.95. The zero-order valence-corrected chi connectivity index (χ0v) is 12.7. The van der Waals surface area contributed by atoms with Crippen molar-refractivity contribution in [3.05, 3.63) is 64.5 Å². The van der Waals surface area contributed by atoms with Gasteiger partial charge in [0.2, 0.25) is 0 Å². The minimum atomic E-state index is -0.272. The molecule has 0 atom stereocenters. The number of carbonyl (C=O) groups excluding carboxylic acids is 1. The molecule has 2 aromatic carbocycles. The summed E-state index contributed by atoms with van der Waals surface area (Å²) in [6, 6.07) is 16.2. The maximum atomic E-state index is 12.5. The number of aromatic nitrogens is 1. The van der Waals surface area contributed by atoms with Gasteiger partial charge in [-0.15, -0.1) is 11.3 Å². The van der Waals surface area contributed by atoms with E-state index in [1.54, 1.807) is 18.2 Å². The van der Waals surface area contributed by atoms with Crippen LogP contribution in [0.5, 0.6) is 5.75 Å². The number of benzene rings is 2. The van der Waals surface area contributed by atoms with Crippen molar-refractivity contribution in [2.75, 3.05) is 5.32 Å². The highest BCUT2D eigenvalue weighted by Gasteiger charge is 2.19. The molecule has 0 bridgehead atoms. The van der Waals surface area contributed by atoms with Gasteiger partial charge in [-0.25, -0.2) is 4.98 Å². The predicted molar refractivity (Wildman–Crippen MR) is 88.3 cm³/mol. The van der Waals surface area contributed by atoms with Gasteiger partial charge < -0.3 is 10.4 Å². The van der Waals surface area contributed by atoms with Gasteiger partial charge in [-0.3, -0.25) is 4.79 Å². The van der Waals surface area contributed by atoms with Crippen molar-refractivity contribution in [1.82, 2.24) is 4.98 Å². The smallest absolute Gasteiger partial charge is 0.268 e. The number of anilines is 1. The number of nitrogens with zero attached hydrogens (tertiary/aromatic N) is 1. The Kier molecular flexibility index (Phi) is 3.89. The van der Waals surface area contributed by atoms with Crippen LogP contribution in [0, 0.1) is 6.92 Å². The van der Waals surface area contributed by atoms with Crippen LogP contribution in [0.3, 0.4) is 0 Å². The number of amides is 1. The molecule has 4 nitrogen and oxygen atoms in total. The molecule has 1 heterocycles. The Morgan fingerprint density at radius 3 is 2.50 bits per heavy atom. The molecule has 110 valence electrons. The molecule has 0 radical (unpaired) electrons. The highest BCUT2D eigenvalue weighted by molar-refractivity contribution is 7.14. The molecule has 1 amide bonds. The summed E-state index contributed by atoms with van der Waals surface area (Å²) in [6.45, 7) is 1.87. The second kappa shape index (κ2) is 5.99. The Morgan fingerprint density at radius 1 is 1.09 bits per heavy atom. The summed E-state index contributed by atoms with van der Waals surface area (Å²) >= 11 is 1.34. The van der Waals surface area contributed by atoms with Gasteiger partial charge in [0.25, 0.3) is 5.91 Å². The minimum Gasteiger partial charge on any atom is -0.506 e. The molecule has 2 N–H and O–H groups in total. The van der Waals surface area contributed by atoms with Crippen LogP contribution in [0.25, 0.3) is 11.3 Å². The third-order valence-electron chi connectivity index (χ3n) is 3.14. The lowest BCUT2D eigenvalue weighted by Crippen LogP contribution is -2.11. The van der Waals surface area contributed by atoms with E-state index in [0.717, 1.165) is 10.6 Å². The van der Waals surface area contributed by atoms with Crippen LogP contribution in [0.2, 0.25) is 0 Å². The van der Waals surface area contributed by atoms with E-state index in [2.05, 4.69) is 10.3 Å². The molecule has 0 aliphatic rings. The summed E-state index contributed by atoms with van der Waals surface area (Å²) in [7, 11) is 0. The summed E-state index contributed by atoms with van der Waals surface area (Å²) in [5.41, 5.74) is 1.95. The number of thiazole rings is 1. The number of phenols is 1. The standard InChI is InChI=1S/C17H14N2O2S/c1-11-18-15(12-7-3-2-4-8-12)16(22-11)17(21)19-13-9-5-6-10-14(13)20/h2-10,20H,1H3,(H,19,21). The van der Waals surface area contributed by atoms with Gasteiger partial charge in [0.1, 0.15) is 10.6 Å². The molecule has 5 heteroatoms. The summed E-state index contributed by atoms with van der Waals surface area (Å²) in [5, 5.41) is 13.3. The van der Waals surface area contributed by atoms with Gasteiger partial charge in [0, 0.05) is 5.56 Å². The zero-order chi connectivity index (χ0) is 15.5. The number of hydrogen-bond donors (Lipinski definition) is 2. The van der Waals surface area contributed by atoms with E-state index in [4.69, 9.17) is 0 Å². The van der Waals surface area contributed by atoms with Crippen molar-refractivity contribution in [2.45, 2.75) is 6.92 Å². The van der Waals surface area contributed by atoms with E-state index in [1.165, 1.54) is 17.4 Å². The van der Waals surface area contributed by atoms with Crippen LogP contribution in [0.15, 0.2) is 54.6 Å². The third kappa shape index (κ3) is 2.84. The molecule has 1 aromatic heterocycles. The lowest BCUT2D eigenvalue weighted by atomic mass is 10.1. The van der Waals surface area contributed by atoms with Gasteiger partial charge in [0.15, 0.2) is 0 Å². The Morgan fingerprint density at radius 2 is 1.77 bits per heavy atom. The molecule has 0 aliphatic carbocycles. The molecule has 0 saturated carbocycles. The van der Waals surface area contributed by atoms with E-state index >= 15 is 0 Å². The van der Waals surface area contributed by atoms with Gasteiger partial charge >= 0.3 is 0 Å². The lowest BCUT2D eigenvalue weighted by Gasteiger charge is -2.07. The summed E-state index contributed by atoms with van der Waals surface area (Å²) in [5.74, 6) is -0.232. The normalized spacial score (nSPS) is 10.4. The van der Waals surface area contributed by atoms with Crippen LogP contribution in [0.1, 0.15) is 14.7 Å². The number of aryl methyl sites for hydroxylation is 1. The lowest BCUT2D eigenvalue weighted by molar-refractivity contribution is 0.103. The SMILES string of the molecule is Cc1nc(-c2ccccc2)c(C(=O)Nc2ccccc2O)s1. The fourth-order valence-corrected chi connectivity index (χ4v) is 2.97. The number of nitrogens with one attached hydrogen (secondary N) is 1. The first kappa shape index (κ1) is 14.3. The third-order valence-corrected chi connectivity index (χ3v) is 4.11. The Bertz CT molecular complexity index is 813. The van der Waals surface area contributed by atoms with Crippen LogP contribution in [-0.2, 0) is 0 Å². The average Bonchev–Trinajstić information content (AvgIpc) is 2.92. The van der Waals surface area contributed by atoms with Gasteiger partial charge in [0.05, 0.1) is 16.4 Å². The van der Waals surface area contributed by atoms with E-state index in [-0.39, 0.29) is 11.7 Å². The van der Waals surface area contributed by atoms with Gasteiger partial charge in [-0.2, -0.15) is 0 Å². The number of rotatable bonds is 3. The molecule has 3 aromatic rings. The zero-order valence-electron chi connectivity index (χ0n) is 11.9. The molecule has 3 rings (SSSR count). The predicted octanol–water partition coefficient (Wildman–Crippen LogP) is 4.08. The minimum absolute atomic E-state index is 0.0401. The van der Waals surface area contributed by atoms with Crippen molar-refractivity contribution >= 4 is 22.9 Å². The van der Waals surface area contributed by atoms with Crippen LogP contribution in [0.4, 0.5) is 5.69 Å². The van der Waals surface area contributed by atoms with Crippen molar-refractivity contribution in [3.8, 4) is 17.0 Å². The Balaban J connectivity index is 1.95. The quantitative estimate of drug-likeness (QED) is 0.717. The number of aromatic hydroxyl groups is 1. The fraction of sp³-hybridized carbons (Fsp3) is 0.0588. The number of para-hydroxylation sites is 2. The van der Waals surface area contributed by atoms with E-state index < -0.39 is 0 Å². The molecule has 0 aliphatic heterocycles. The van der Waals surface area contributed by atoms with Crippen LogP contribution in [-0.4, -0.2) is 16.0 Å². The maximum Gasteiger partial charge on any atom is 0.268 e. The van der Waals surface area contributed by atoms with Crippen LogP contribution < -0.4 is 5.32 Å². The Labute approximate surface area is 132 Å². The van der Waals surface area contributed by atoms with E-state index in [1.807, 2.05) is 37.3 Å². The maximum absolute atomic E-state index is 12.5. The summed E-state index contributed by atoms with van der Waals surface area (Å²) < 4.78 is 0. The summed E-state index contributed by atoms with van der Waals surface area (Å²) in [6.07, 6.45) is 0. The van der Waals surface area contributed by atoms with Crippen LogP contribution >= 0.6 is 11.3 Å². The molecular formula is C17H14N2O2S. The van der Waals surface area contributed by atoms with Crippen molar-refractivity contribution in [3.63, 3.8) is 0 Å². The molecule has 22 heavy (non-hydrogen) atoms. The fourth-order valence-electron chi connectivity index (χ4n) is 2.13. The molecule has 0 unspecified atom stereocenters. The largest absolute Gasteiger partial charge is 0.506 e. The number of phenolic OH excluding ortho intramolecular Hbond substituents is 1. The Hall–Kier alpha value is -2.66. The molecule has 0 spiro atoms. The van der Waals surface area contributed by atoms with Crippen molar-refractivity contribution in [2.24, 2.45) is 0 Å². The first-order chi connectivity index (χ1) is 10.6. The molecule has 0 fully saturated rings. The number of carbonyl (C=O) groups is 1. The van der Waals surface area contributed by atoms with Crippen molar-refractivity contribution < 1.29 is 9.90 Å².